The first-order valence-corrected chi connectivity index (χ1v) is 7.34. The van der Waals surface area contributed by atoms with Gasteiger partial charge >= 0.3 is 0 Å². The zero-order valence-corrected chi connectivity index (χ0v) is 11.5. The number of aromatic nitrogens is 1. The van der Waals surface area contributed by atoms with Crippen molar-refractivity contribution in [2.75, 3.05) is 25.9 Å². The second-order valence-electron chi connectivity index (χ2n) is 4.20. The summed E-state index contributed by atoms with van der Waals surface area (Å²) in [7, 11) is -2.11. The Balaban J connectivity index is 2.37. The van der Waals surface area contributed by atoms with Gasteiger partial charge in [-0.2, -0.15) is 4.31 Å². The molecule has 0 aliphatic carbocycles. The summed E-state index contributed by atoms with van der Waals surface area (Å²) in [5.74, 6) is -0.0304. The second kappa shape index (κ2) is 5.00. The summed E-state index contributed by atoms with van der Waals surface area (Å²) in [6, 6.07) is 1.27. The van der Waals surface area contributed by atoms with E-state index in [9.17, 15) is 8.42 Å². The van der Waals surface area contributed by atoms with E-state index < -0.39 is 10.0 Å². The lowest BCUT2D eigenvalue weighted by molar-refractivity contribution is 0.388. The fraction of sp³-hybridized carbons (Fsp3) is 0.500. The third-order valence-corrected chi connectivity index (χ3v) is 5.20. The summed E-state index contributed by atoms with van der Waals surface area (Å²) < 4.78 is 26.2. The first kappa shape index (κ1) is 13.5. The van der Waals surface area contributed by atoms with Crippen LogP contribution >= 0.6 is 11.6 Å². The zero-order valence-electron chi connectivity index (χ0n) is 9.93. The van der Waals surface area contributed by atoms with Crippen LogP contribution in [0.2, 0.25) is 5.02 Å². The number of sulfonamides is 1. The molecule has 8 heteroatoms. The molecule has 1 aliphatic rings. The van der Waals surface area contributed by atoms with E-state index in [2.05, 4.69) is 10.3 Å². The molecule has 0 spiro atoms. The van der Waals surface area contributed by atoms with Crippen molar-refractivity contribution in [1.29, 1.82) is 0 Å². The maximum atomic E-state index is 12.4. The van der Waals surface area contributed by atoms with Crippen molar-refractivity contribution in [3.05, 3.63) is 17.3 Å². The normalized spacial score (nSPS) is 20.5. The van der Waals surface area contributed by atoms with E-state index >= 15 is 0 Å². The van der Waals surface area contributed by atoms with Crippen LogP contribution in [-0.4, -0.2) is 43.9 Å². The summed E-state index contributed by atoms with van der Waals surface area (Å²) >= 11 is 5.77. The molecule has 6 nitrogen and oxygen atoms in total. The van der Waals surface area contributed by atoms with Gasteiger partial charge in [-0.25, -0.2) is 13.4 Å². The van der Waals surface area contributed by atoms with Crippen molar-refractivity contribution in [3.63, 3.8) is 0 Å². The minimum absolute atomic E-state index is 0.0304. The van der Waals surface area contributed by atoms with Gasteiger partial charge in [-0.15, -0.1) is 0 Å². The number of likely N-dealkylation sites (N-methyl/N-ethyl adjacent to an activating group) is 1. The summed E-state index contributed by atoms with van der Waals surface area (Å²) in [4.78, 5) is 3.74. The molecule has 1 aromatic rings. The molecule has 1 aromatic heterocycles. The third kappa shape index (κ3) is 2.44. The average molecular weight is 291 g/mol. The van der Waals surface area contributed by atoms with Gasteiger partial charge in [0.1, 0.15) is 10.7 Å². The maximum absolute atomic E-state index is 12.4. The minimum Gasteiger partial charge on any atom is -0.383 e. The van der Waals surface area contributed by atoms with Gasteiger partial charge < -0.3 is 11.1 Å². The molecule has 1 fully saturated rings. The number of pyridine rings is 1. The Morgan fingerprint density at radius 3 is 2.94 bits per heavy atom. The molecule has 100 valence electrons. The number of anilines is 1. The highest BCUT2D eigenvalue weighted by atomic mass is 35.5. The highest BCUT2D eigenvalue weighted by Crippen LogP contribution is 2.25. The Morgan fingerprint density at radius 2 is 2.33 bits per heavy atom. The Kier molecular flexibility index (Phi) is 3.76. The molecule has 0 saturated carbocycles. The van der Waals surface area contributed by atoms with Gasteiger partial charge in [0.15, 0.2) is 0 Å². The van der Waals surface area contributed by atoms with Crippen LogP contribution in [0.3, 0.4) is 0 Å². The number of nitrogens with zero attached hydrogens (tertiary/aromatic N) is 2. The molecule has 0 radical (unpaired) electrons. The van der Waals surface area contributed by atoms with Crippen LogP contribution in [-0.2, 0) is 10.0 Å². The van der Waals surface area contributed by atoms with Crippen LogP contribution in [0.5, 0.6) is 0 Å². The Bertz CT molecular complexity index is 543. The molecule has 18 heavy (non-hydrogen) atoms. The first-order valence-electron chi connectivity index (χ1n) is 5.52. The highest BCUT2D eigenvalue weighted by Gasteiger charge is 2.31. The number of nitrogen functional groups attached to an aromatic ring is 1. The number of halogens is 1. The fourth-order valence-corrected chi connectivity index (χ4v) is 3.64. The zero-order chi connectivity index (χ0) is 13.3. The molecule has 1 aliphatic heterocycles. The molecule has 1 atom stereocenters. The van der Waals surface area contributed by atoms with E-state index in [1.807, 2.05) is 0 Å². The van der Waals surface area contributed by atoms with Crippen molar-refractivity contribution in [2.24, 2.45) is 0 Å². The van der Waals surface area contributed by atoms with Gasteiger partial charge in [0.05, 0.1) is 5.02 Å². The van der Waals surface area contributed by atoms with Crippen molar-refractivity contribution in [2.45, 2.75) is 17.4 Å². The summed E-state index contributed by atoms with van der Waals surface area (Å²) in [6.07, 6.45) is 2.11. The first-order chi connectivity index (χ1) is 8.43. The van der Waals surface area contributed by atoms with Gasteiger partial charge in [0.2, 0.25) is 10.0 Å². The third-order valence-electron chi connectivity index (χ3n) is 3.05. The number of nitrogens with one attached hydrogen (secondary N) is 1. The van der Waals surface area contributed by atoms with Gasteiger partial charge in [-0.05, 0) is 19.0 Å². The monoisotopic (exact) mass is 290 g/mol. The van der Waals surface area contributed by atoms with E-state index in [0.29, 0.717) is 6.54 Å². The lowest BCUT2D eigenvalue weighted by Crippen LogP contribution is -2.38. The molecular weight excluding hydrogens is 276 g/mol. The van der Waals surface area contributed by atoms with Crippen LogP contribution in [0.15, 0.2) is 17.2 Å². The minimum atomic E-state index is -3.65. The maximum Gasteiger partial charge on any atom is 0.246 e. The van der Waals surface area contributed by atoms with Crippen molar-refractivity contribution >= 4 is 27.4 Å². The smallest absolute Gasteiger partial charge is 0.246 e. The lowest BCUT2D eigenvalue weighted by Gasteiger charge is -2.23. The van der Waals surface area contributed by atoms with Gasteiger partial charge in [-0.3, -0.25) is 0 Å². The number of rotatable bonds is 3. The number of hydrogen-bond acceptors (Lipinski definition) is 5. The van der Waals surface area contributed by atoms with Gasteiger partial charge in [0, 0.05) is 25.8 Å². The van der Waals surface area contributed by atoms with Crippen molar-refractivity contribution < 1.29 is 8.42 Å². The topological polar surface area (TPSA) is 88.3 Å². The predicted octanol–water partition coefficient (Wildman–Crippen LogP) is 0.300. The molecule has 3 N–H and O–H groups in total. The molecule has 0 amide bonds. The lowest BCUT2D eigenvalue weighted by atomic mass is 10.3. The van der Waals surface area contributed by atoms with E-state index in [-0.39, 0.29) is 21.8 Å². The highest BCUT2D eigenvalue weighted by molar-refractivity contribution is 7.89. The standard InChI is InChI=1S/C10H15ClN4O2S/c1-15(8-2-3-13-6-8)18(16,17)9-4-7(11)5-14-10(9)12/h4-5,8,13H,2-3,6H2,1H3,(H2,12,14). The number of nitrogens with two attached hydrogens (primary N) is 1. The molecule has 1 saturated heterocycles. The summed E-state index contributed by atoms with van der Waals surface area (Å²) in [5, 5.41) is 3.37. The van der Waals surface area contributed by atoms with Crippen LogP contribution < -0.4 is 11.1 Å². The number of hydrogen-bond donors (Lipinski definition) is 2. The molecule has 2 rings (SSSR count). The van der Waals surface area contributed by atoms with Crippen LogP contribution in [0.25, 0.3) is 0 Å². The molecule has 2 heterocycles. The van der Waals surface area contributed by atoms with Crippen molar-refractivity contribution in [1.82, 2.24) is 14.6 Å². The Morgan fingerprint density at radius 1 is 1.61 bits per heavy atom. The van der Waals surface area contributed by atoms with Crippen LogP contribution in [0.1, 0.15) is 6.42 Å². The summed E-state index contributed by atoms with van der Waals surface area (Å²) in [6.45, 7) is 1.46. The fourth-order valence-electron chi connectivity index (χ4n) is 1.94. The quantitative estimate of drug-likeness (QED) is 0.836. The summed E-state index contributed by atoms with van der Waals surface area (Å²) in [5.41, 5.74) is 5.62. The molecular formula is C10H15ClN4O2S. The Labute approximate surface area is 111 Å². The van der Waals surface area contributed by atoms with Crippen LogP contribution in [0.4, 0.5) is 5.82 Å². The van der Waals surface area contributed by atoms with Gasteiger partial charge in [-0.1, -0.05) is 11.6 Å². The molecule has 0 bridgehead atoms. The molecule has 1 unspecified atom stereocenters. The largest absolute Gasteiger partial charge is 0.383 e. The van der Waals surface area contributed by atoms with E-state index in [1.54, 1.807) is 7.05 Å². The van der Waals surface area contributed by atoms with E-state index in [4.69, 9.17) is 17.3 Å². The molecule has 0 aromatic carbocycles. The average Bonchev–Trinajstić information content (AvgIpc) is 2.84. The Hall–Kier alpha value is -0.890. The van der Waals surface area contributed by atoms with Crippen molar-refractivity contribution in [3.8, 4) is 0 Å². The van der Waals surface area contributed by atoms with Crippen LogP contribution in [0, 0.1) is 0 Å². The predicted molar refractivity (Wildman–Crippen MR) is 69.9 cm³/mol. The van der Waals surface area contributed by atoms with E-state index in [0.717, 1.165) is 13.0 Å². The second-order valence-corrected chi connectivity index (χ2v) is 6.61. The van der Waals surface area contributed by atoms with E-state index in [1.165, 1.54) is 16.6 Å². The SMILES string of the molecule is CN(C1CCNC1)S(=O)(=O)c1cc(Cl)cnc1N. The van der Waals surface area contributed by atoms with Gasteiger partial charge in [0.25, 0.3) is 0 Å².